The molecule has 0 bridgehead atoms. The van der Waals surface area contributed by atoms with Gasteiger partial charge in [0.1, 0.15) is 0 Å². The Bertz CT molecular complexity index is 371. The Morgan fingerprint density at radius 2 is 1.00 bits per heavy atom. The molecule has 0 amide bonds. The molecule has 0 N–H and O–H groups in total. The van der Waals surface area contributed by atoms with E-state index in [1.807, 2.05) is 0 Å². The van der Waals surface area contributed by atoms with Gasteiger partial charge in [0.05, 0.1) is 0 Å². The summed E-state index contributed by atoms with van der Waals surface area (Å²) in [6.07, 6.45) is 17.8. The summed E-state index contributed by atoms with van der Waals surface area (Å²) in [4.78, 5) is 14.5. The number of allylic oxidation sites excluding steroid dienone is 8. The third-order valence-corrected chi connectivity index (χ3v) is 14.2. The van der Waals surface area contributed by atoms with E-state index in [0.29, 0.717) is 0 Å². The molecule has 2 rings (SSSR count). The minimum atomic E-state index is -1.67. The zero-order valence-corrected chi connectivity index (χ0v) is 23.8. The average molecular weight is 620 g/mol. The van der Waals surface area contributed by atoms with Crippen molar-refractivity contribution < 1.29 is 26.2 Å². The molecule has 0 nitrogen and oxygen atoms in total. The van der Waals surface area contributed by atoms with Crippen molar-refractivity contribution >= 4 is 61.6 Å². The summed E-state index contributed by atoms with van der Waals surface area (Å²) in [5.41, 5.74) is 0. The van der Waals surface area contributed by atoms with Gasteiger partial charge in [-0.3, -0.25) is 0 Å². The summed E-state index contributed by atoms with van der Waals surface area (Å²) in [5.74, 6) is 0. The van der Waals surface area contributed by atoms with Gasteiger partial charge in [-0.15, -0.1) is 24.8 Å². The van der Waals surface area contributed by atoms with Crippen LogP contribution in [0.15, 0.2) is 31.5 Å². The van der Waals surface area contributed by atoms with Crippen LogP contribution in [-0.4, -0.2) is 36.8 Å². The molecule has 0 spiro atoms. The third-order valence-electron chi connectivity index (χ3n) is 3.01. The van der Waals surface area contributed by atoms with Gasteiger partial charge in [-0.05, 0) is 0 Å². The summed E-state index contributed by atoms with van der Waals surface area (Å²) >= 11 is -3.35. The Morgan fingerprint density at radius 3 is 1.10 bits per heavy atom. The molecule has 118 valence electrons. The van der Waals surface area contributed by atoms with E-state index >= 15 is 0 Å². The fourth-order valence-electron chi connectivity index (χ4n) is 1.84. The molecule has 0 fully saturated rings. The first-order valence-electron chi connectivity index (χ1n) is 6.77. The van der Waals surface area contributed by atoms with E-state index < -0.39 is 36.8 Å². The first-order valence-corrected chi connectivity index (χ1v) is 26.7. The maximum absolute atomic E-state index is 3.40. The summed E-state index contributed by atoms with van der Waals surface area (Å²) in [7, 11) is 0. The second-order valence-electron chi connectivity index (χ2n) is 6.89. The fraction of sp³-hybridized carbons (Fsp3) is 0.500. The van der Waals surface area contributed by atoms with Crippen LogP contribution < -0.4 is 0 Å². The van der Waals surface area contributed by atoms with Gasteiger partial charge in [-0.25, -0.2) is 0 Å². The molecule has 2 aliphatic carbocycles. The minimum absolute atomic E-state index is 0. The Kier molecular flexibility index (Phi) is 16.4. The van der Waals surface area contributed by atoms with Crippen molar-refractivity contribution in [3.8, 4) is 0 Å². The topological polar surface area (TPSA) is 0 Å². The predicted octanol–water partition coefficient (Wildman–Crippen LogP) is 5.95. The van der Waals surface area contributed by atoms with Crippen LogP contribution in [0.4, 0.5) is 0 Å². The molecule has 0 aromatic rings. The summed E-state index contributed by atoms with van der Waals surface area (Å²) in [6, 6.07) is 0. The van der Waals surface area contributed by atoms with Crippen molar-refractivity contribution in [1.29, 1.82) is 0 Å². The van der Waals surface area contributed by atoms with Crippen LogP contribution >= 0.6 is 24.8 Å². The van der Waals surface area contributed by atoms with E-state index in [-0.39, 0.29) is 51.0 Å². The van der Waals surface area contributed by atoms with Gasteiger partial charge in [0.25, 0.3) is 0 Å². The molecule has 0 heterocycles. The summed E-state index contributed by atoms with van der Waals surface area (Å²) in [6.45, 7) is 0. The Hall–Kier alpha value is 2.02. The standard InChI is InChI=1S/2C5H4.6CH3.2ClH.2Sn.Zr/c2*1-2-4-5-3-1;;;;;;;;;;;/h2*1-2H,3H2;6*1H3;2*1H;;;/q2*-1;;;;;;;;;;;+2. The van der Waals surface area contributed by atoms with Gasteiger partial charge in [0.15, 0.2) is 0 Å². The van der Waals surface area contributed by atoms with E-state index in [1.165, 1.54) is 0 Å². The van der Waals surface area contributed by atoms with Gasteiger partial charge in [-0.2, -0.15) is 0 Å². The first-order chi connectivity index (χ1) is 8.21. The Labute approximate surface area is 171 Å². The molecule has 0 aromatic carbocycles. The molecule has 21 heavy (non-hydrogen) atoms. The van der Waals surface area contributed by atoms with Crippen molar-refractivity contribution in [3.05, 3.63) is 43.6 Å². The van der Waals surface area contributed by atoms with Crippen LogP contribution in [-0.2, 0) is 26.2 Å². The molecule has 0 saturated heterocycles. The van der Waals surface area contributed by atoms with E-state index in [0.717, 1.165) is 12.8 Å². The second-order valence-corrected chi connectivity index (χ2v) is 35.7. The van der Waals surface area contributed by atoms with Crippen molar-refractivity contribution in [1.82, 2.24) is 0 Å². The minimum Gasteiger partial charge on any atom is 2.00 e. The van der Waals surface area contributed by atoms with Gasteiger partial charge in [0, 0.05) is 0 Å². The normalized spacial score (nSPS) is 15.7. The first kappa shape index (κ1) is 27.8. The van der Waals surface area contributed by atoms with Crippen LogP contribution in [0.2, 0.25) is 29.6 Å². The third kappa shape index (κ3) is 11.2. The molecule has 0 radical (unpaired) electrons. The predicted molar refractivity (Wildman–Crippen MR) is 102 cm³/mol. The molecule has 2 aliphatic rings. The van der Waals surface area contributed by atoms with Crippen molar-refractivity contribution in [2.45, 2.75) is 42.5 Å². The number of rotatable bonds is 2. The van der Waals surface area contributed by atoms with E-state index in [4.69, 9.17) is 0 Å². The Balaban J connectivity index is -0.000000270. The van der Waals surface area contributed by atoms with Crippen LogP contribution in [0.25, 0.3) is 0 Å². The number of hydrogen-bond acceptors (Lipinski definition) is 0. The molecule has 0 unspecified atom stereocenters. The monoisotopic (exact) mass is 620 g/mol. The second kappa shape index (κ2) is 12.4. The average Bonchev–Trinajstić information content (AvgIpc) is 2.91. The fourth-order valence-corrected chi connectivity index (χ4v) is 8.98. The zero-order valence-electron chi connectivity index (χ0n) is 14.0. The summed E-state index contributed by atoms with van der Waals surface area (Å²) < 4.78 is 3.12. The largest absolute Gasteiger partial charge is 2.00 e. The van der Waals surface area contributed by atoms with E-state index in [2.05, 4.69) is 66.1 Å². The van der Waals surface area contributed by atoms with Crippen LogP contribution in [0.1, 0.15) is 12.8 Å². The molecule has 0 aromatic heterocycles. The van der Waals surface area contributed by atoms with E-state index in [1.54, 1.807) is 7.18 Å². The van der Waals surface area contributed by atoms with Gasteiger partial charge >= 0.3 is 149 Å². The molecule has 5 heteroatoms. The van der Waals surface area contributed by atoms with Crippen LogP contribution in [0, 0.1) is 12.2 Å². The number of halogens is 2. The van der Waals surface area contributed by atoms with Crippen LogP contribution in [0.5, 0.6) is 0 Å². The molecular formula is C16H28Cl2Sn2Zr. The van der Waals surface area contributed by atoms with E-state index in [9.17, 15) is 0 Å². The summed E-state index contributed by atoms with van der Waals surface area (Å²) in [5, 5.41) is 0. The van der Waals surface area contributed by atoms with Gasteiger partial charge in [0.2, 0.25) is 0 Å². The van der Waals surface area contributed by atoms with Gasteiger partial charge < -0.3 is 0 Å². The zero-order chi connectivity index (χ0) is 13.8. The van der Waals surface area contributed by atoms with Crippen LogP contribution in [0.3, 0.4) is 0 Å². The smallest absolute Gasteiger partial charge is 2.00 e. The Morgan fingerprint density at radius 1 is 0.714 bits per heavy atom. The van der Waals surface area contributed by atoms with Crippen molar-refractivity contribution in [3.63, 3.8) is 0 Å². The quantitative estimate of drug-likeness (QED) is 0.265. The molecular weight excluding hydrogens is 592 g/mol. The maximum Gasteiger partial charge on any atom is 2.00 e. The number of hydrogen-bond donors (Lipinski definition) is 0. The molecule has 0 atom stereocenters. The maximum atomic E-state index is 3.40. The molecule has 0 aliphatic heterocycles. The molecule has 0 saturated carbocycles. The SMILES string of the molecule is Cl.Cl.[CH3][Sn]([CH3])([CH3])[C]1=[C-]CC=C1.[CH3][Sn]([CH3])([CH3])[C]1=[C-]CC=C1.[Zr+2]. The van der Waals surface area contributed by atoms with Gasteiger partial charge in [-0.1, -0.05) is 0 Å². The van der Waals surface area contributed by atoms with Crippen molar-refractivity contribution in [2.24, 2.45) is 0 Å². The van der Waals surface area contributed by atoms with Crippen molar-refractivity contribution in [2.75, 3.05) is 0 Å².